The molecule has 1 aliphatic rings. The number of aryl methyl sites for hydroxylation is 3. The molecule has 3 rings (SSSR count). The average Bonchev–Trinajstić information content (AvgIpc) is 3.07. The lowest BCUT2D eigenvalue weighted by molar-refractivity contribution is -0.120. The van der Waals surface area contributed by atoms with Crippen molar-refractivity contribution in [1.82, 2.24) is 5.32 Å². The lowest BCUT2D eigenvalue weighted by Gasteiger charge is -2.24. The van der Waals surface area contributed by atoms with Gasteiger partial charge in [0.15, 0.2) is 0 Å². The van der Waals surface area contributed by atoms with Gasteiger partial charge < -0.3 is 5.32 Å². The molecule has 2 aromatic carbocycles. The summed E-state index contributed by atoms with van der Waals surface area (Å²) in [7, 11) is -3.57. The Bertz CT molecular complexity index is 954. The zero-order valence-electron chi connectivity index (χ0n) is 16.0. The minimum absolute atomic E-state index is 0.179. The highest BCUT2D eigenvalue weighted by molar-refractivity contribution is 7.92. The van der Waals surface area contributed by atoms with Gasteiger partial charge in [-0.2, -0.15) is 0 Å². The molecule has 1 N–H and O–H groups in total. The van der Waals surface area contributed by atoms with Crippen molar-refractivity contribution in [3.63, 3.8) is 0 Å². The molecular formula is C21H26N2O3S. The van der Waals surface area contributed by atoms with E-state index in [4.69, 9.17) is 0 Å². The summed E-state index contributed by atoms with van der Waals surface area (Å²) in [6.45, 7) is 3.52. The van der Waals surface area contributed by atoms with Crippen LogP contribution in [0.15, 0.2) is 42.5 Å². The topological polar surface area (TPSA) is 66.5 Å². The number of para-hydroxylation sites is 1. The highest BCUT2D eigenvalue weighted by atomic mass is 32.2. The van der Waals surface area contributed by atoms with Crippen molar-refractivity contribution in [2.24, 2.45) is 0 Å². The number of carbonyl (C=O) groups excluding carboxylic acids is 1. The van der Waals surface area contributed by atoms with E-state index >= 15 is 0 Å². The van der Waals surface area contributed by atoms with Gasteiger partial charge >= 0.3 is 0 Å². The quantitative estimate of drug-likeness (QED) is 0.829. The minimum atomic E-state index is -3.57. The smallest absolute Gasteiger partial charge is 0.241 e. The Morgan fingerprint density at radius 1 is 1.15 bits per heavy atom. The van der Waals surface area contributed by atoms with Crippen LogP contribution in [0.25, 0.3) is 0 Å². The summed E-state index contributed by atoms with van der Waals surface area (Å²) in [5.41, 5.74) is 5.12. The summed E-state index contributed by atoms with van der Waals surface area (Å²) in [6.07, 6.45) is 4.50. The van der Waals surface area contributed by atoms with Gasteiger partial charge in [-0.1, -0.05) is 36.4 Å². The van der Waals surface area contributed by atoms with Crippen LogP contribution in [-0.2, 0) is 27.7 Å². The summed E-state index contributed by atoms with van der Waals surface area (Å²) in [4.78, 5) is 12.6. The Hall–Kier alpha value is -2.34. The Labute approximate surface area is 161 Å². The van der Waals surface area contributed by atoms with E-state index in [0.717, 1.165) is 34.5 Å². The monoisotopic (exact) mass is 386 g/mol. The first kappa shape index (κ1) is 19.4. The molecule has 6 heteroatoms. The lowest BCUT2D eigenvalue weighted by atomic mass is 10.0. The first-order valence-corrected chi connectivity index (χ1v) is 11.0. The molecule has 27 heavy (non-hydrogen) atoms. The molecule has 144 valence electrons. The molecule has 0 unspecified atom stereocenters. The molecule has 0 saturated heterocycles. The predicted octanol–water partition coefficient (Wildman–Crippen LogP) is 3.13. The van der Waals surface area contributed by atoms with Crippen LogP contribution in [0.3, 0.4) is 0 Å². The van der Waals surface area contributed by atoms with Gasteiger partial charge in [0.25, 0.3) is 0 Å². The molecule has 0 bridgehead atoms. The molecule has 0 aliphatic heterocycles. The van der Waals surface area contributed by atoms with Crippen LogP contribution in [0.5, 0.6) is 0 Å². The van der Waals surface area contributed by atoms with Crippen LogP contribution in [-0.4, -0.2) is 27.1 Å². The van der Waals surface area contributed by atoms with Gasteiger partial charge in [-0.15, -0.1) is 0 Å². The Kier molecular flexibility index (Phi) is 5.56. The highest BCUT2D eigenvalue weighted by Gasteiger charge is 2.23. The molecule has 0 aromatic heterocycles. The molecule has 0 heterocycles. The van der Waals surface area contributed by atoms with Gasteiger partial charge in [0, 0.05) is 0 Å². The Morgan fingerprint density at radius 3 is 2.56 bits per heavy atom. The van der Waals surface area contributed by atoms with Crippen LogP contribution < -0.4 is 9.62 Å². The van der Waals surface area contributed by atoms with Crippen LogP contribution in [0.2, 0.25) is 0 Å². The molecule has 1 aliphatic carbocycles. The minimum Gasteiger partial charge on any atom is -0.348 e. The van der Waals surface area contributed by atoms with Crippen LogP contribution >= 0.6 is 0 Å². The third-order valence-electron chi connectivity index (χ3n) is 5.07. The maximum absolute atomic E-state index is 12.6. The van der Waals surface area contributed by atoms with E-state index in [1.54, 1.807) is 12.1 Å². The van der Waals surface area contributed by atoms with Crippen molar-refractivity contribution in [2.75, 3.05) is 17.1 Å². The normalized spacial score (nSPS) is 14.5. The standard InChI is InChI=1S/C21H26N2O3S/c1-15-7-4-5-10-20(15)23(27(3,25)26)14-21(24)22-16(2)18-12-11-17-8-6-9-19(17)13-18/h4-5,7,10-13,16H,6,8-9,14H2,1-3H3,(H,22,24)/t16-/m0/s1. The van der Waals surface area contributed by atoms with Gasteiger partial charge in [0.2, 0.25) is 15.9 Å². The number of fused-ring (bicyclic) bond motifs is 1. The zero-order valence-corrected chi connectivity index (χ0v) is 16.8. The van der Waals surface area contributed by atoms with Crippen LogP contribution in [0.1, 0.15) is 41.6 Å². The lowest BCUT2D eigenvalue weighted by Crippen LogP contribution is -2.41. The van der Waals surface area contributed by atoms with E-state index in [2.05, 4.69) is 17.4 Å². The van der Waals surface area contributed by atoms with Gasteiger partial charge in [-0.25, -0.2) is 8.42 Å². The SMILES string of the molecule is Cc1ccccc1N(CC(=O)N[C@@H](C)c1ccc2c(c1)CCC2)S(C)(=O)=O. The highest BCUT2D eigenvalue weighted by Crippen LogP contribution is 2.26. The number of rotatable bonds is 6. The second kappa shape index (κ2) is 7.72. The van der Waals surface area contributed by atoms with E-state index in [0.29, 0.717) is 5.69 Å². The van der Waals surface area contributed by atoms with Crippen molar-refractivity contribution in [1.29, 1.82) is 0 Å². The second-order valence-electron chi connectivity index (χ2n) is 7.23. The summed E-state index contributed by atoms with van der Waals surface area (Å²) < 4.78 is 25.7. The molecule has 0 spiro atoms. The molecule has 0 saturated carbocycles. The van der Waals surface area contributed by atoms with Gasteiger partial charge in [-0.3, -0.25) is 9.10 Å². The van der Waals surface area contributed by atoms with Crippen molar-refractivity contribution in [3.05, 3.63) is 64.7 Å². The van der Waals surface area contributed by atoms with Crippen LogP contribution in [0.4, 0.5) is 5.69 Å². The molecular weight excluding hydrogens is 360 g/mol. The molecule has 0 radical (unpaired) electrons. The predicted molar refractivity (Wildman–Crippen MR) is 108 cm³/mol. The van der Waals surface area contributed by atoms with E-state index in [-0.39, 0.29) is 18.5 Å². The van der Waals surface area contributed by atoms with Gasteiger partial charge in [-0.05, 0) is 61.4 Å². The number of carbonyl (C=O) groups is 1. The Morgan fingerprint density at radius 2 is 1.85 bits per heavy atom. The number of hydrogen-bond donors (Lipinski definition) is 1. The number of hydrogen-bond acceptors (Lipinski definition) is 3. The summed E-state index contributed by atoms with van der Waals surface area (Å²) in [6, 6.07) is 13.3. The third-order valence-corrected chi connectivity index (χ3v) is 6.20. The largest absolute Gasteiger partial charge is 0.348 e. The first-order chi connectivity index (χ1) is 12.8. The van der Waals surface area contributed by atoms with Crippen molar-refractivity contribution >= 4 is 21.6 Å². The van der Waals surface area contributed by atoms with E-state index < -0.39 is 10.0 Å². The van der Waals surface area contributed by atoms with Crippen molar-refractivity contribution < 1.29 is 13.2 Å². The van der Waals surface area contributed by atoms with Crippen LogP contribution in [0, 0.1) is 6.92 Å². The fourth-order valence-corrected chi connectivity index (χ4v) is 4.50. The number of sulfonamides is 1. The molecule has 0 fully saturated rings. The summed E-state index contributed by atoms with van der Waals surface area (Å²) in [5, 5.41) is 2.93. The Balaban J connectivity index is 1.74. The maximum Gasteiger partial charge on any atom is 0.241 e. The number of nitrogens with one attached hydrogen (secondary N) is 1. The number of amides is 1. The summed E-state index contributed by atoms with van der Waals surface area (Å²) in [5.74, 6) is -0.323. The number of nitrogens with zero attached hydrogens (tertiary/aromatic N) is 1. The fourth-order valence-electron chi connectivity index (χ4n) is 3.59. The zero-order chi connectivity index (χ0) is 19.6. The van der Waals surface area contributed by atoms with E-state index in [1.807, 2.05) is 32.0 Å². The van der Waals surface area contributed by atoms with E-state index in [1.165, 1.54) is 17.5 Å². The van der Waals surface area contributed by atoms with Crippen molar-refractivity contribution in [3.8, 4) is 0 Å². The molecule has 1 amide bonds. The third kappa shape index (κ3) is 4.50. The number of benzene rings is 2. The second-order valence-corrected chi connectivity index (χ2v) is 9.13. The first-order valence-electron chi connectivity index (χ1n) is 9.20. The average molecular weight is 387 g/mol. The molecule has 2 aromatic rings. The molecule has 1 atom stereocenters. The maximum atomic E-state index is 12.6. The fraction of sp³-hybridized carbons (Fsp3) is 0.381. The van der Waals surface area contributed by atoms with Crippen molar-refractivity contribution in [2.45, 2.75) is 39.2 Å². The molecule has 5 nitrogen and oxygen atoms in total. The number of anilines is 1. The van der Waals surface area contributed by atoms with E-state index in [9.17, 15) is 13.2 Å². The van der Waals surface area contributed by atoms with Gasteiger partial charge in [0.05, 0.1) is 18.0 Å². The summed E-state index contributed by atoms with van der Waals surface area (Å²) >= 11 is 0. The van der Waals surface area contributed by atoms with Gasteiger partial charge in [0.1, 0.15) is 6.54 Å².